The number of hydrogen-bond acceptors (Lipinski definition) is 6. The van der Waals surface area contributed by atoms with Gasteiger partial charge in [0.25, 0.3) is 0 Å². The smallest absolute Gasteiger partial charge is 0.306 e. The molecule has 1 atom stereocenters. The molecular weight excluding hydrogens is 901 g/mol. The van der Waals surface area contributed by atoms with Crippen LogP contribution in [0.15, 0.2) is 134 Å². The molecule has 0 bridgehead atoms. The van der Waals surface area contributed by atoms with E-state index in [4.69, 9.17) is 14.2 Å². The lowest BCUT2D eigenvalue weighted by molar-refractivity contribution is -0.167. The summed E-state index contributed by atoms with van der Waals surface area (Å²) in [6.45, 7) is 6.43. The molecule has 0 aliphatic carbocycles. The molecule has 0 aromatic rings. The van der Waals surface area contributed by atoms with Crippen molar-refractivity contribution in [3.8, 4) is 0 Å². The van der Waals surface area contributed by atoms with E-state index in [2.05, 4.69) is 154 Å². The third-order valence-corrected chi connectivity index (χ3v) is 12.1. The van der Waals surface area contributed by atoms with Crippen molar-refractivity contribution in [2.75, 3.05) is 13.2 Å². The number of ether oxygens (including phenoxy) is 3. The van der Waals surface area contributed by atoms with Gasteiger partial charge in [-0.15, -0.1) is 0 Å². The molecule has 0 saturated carbocycles. The first-order valence-electron chi connectivity index (χ1n) is 29.7. The molecule has 0 fully saturated rings. The van der Waals surface area contributed by atoms with Crippen molar-refractivity contribution in [1.29, 1.82) is 0 Å². The molecule has 0 amide bonds. The lowest BCUT2D eigenvalue weighted by atomic mass is 10.1. The van der Waals surface area contributed by atoms with Crippen molar-refractivity contribution in [3.05, 3.63) is 134 Å². The Hall–Kier alpha value is -4.45. The van der Waals surface area contributed by atoms with Gasteiger partial charge in [-0.3, -0.25) is 14.4 Å². The van der Waals surface area contributed by atoms with Gasteiger partial charge in [-0.1, -0.05) is 244 Å². The van der Waals surface area contributed by atoms with Gasteiger partial charge >= 0.3 is 17.9 Å². The van der Waals surface area contributed by atoms with Crippen molar-refractivity contribution in [1.82, 2.24) is 0 Å². The first-order chi connectivity index (χ1) is 36.0. The summed E-state index contributed by atoms with van der Waals surface area (Å²) in [5.74, 6) is -0.954. The topological polar surface area (TPSA) is 78.9 Å². The van der Waals surface area contributed by atoms with Crippen LogP contribution in [0.5, 0.6) is 0 Å². The molecule has 6 heteroatoms. The Bertz CT molecular complexity index is 1580. The van der Waals surface area contributed by atoms with E-state index in [1.165, 1.54) is 64.2 Å². The van der Waals surface area contributed by atoms with Crippen molar-refractivity contribution < 1.29 is 28.6 Å². The minimum absolute atomic E-state index is 0.0968. The van der Waals surface area contributed by atoms with Crippen molar-refractivity contribution in [3.63, 3.8) is 0 Å². The molecule has 6 nitrogen and oxygen atoms in total. The Morgan fingerprint density at radius 1 is 0.288 bits per heavy atom. The van der Waals surface area contributed by atoms with E-state index < -0.39 is 6.10 Å². The summed E-state index contributed by atoms with van der Waals surface area (Å²) in [7, 11) is 0. The molecule has 1 unspecified atom stereocenters. The van der Waals surface area contributed by atoms with Crippen LogP contribution in [0.4, 0.5) is 0 Å². The number of esters is 3. The highest BCUT2D eigenvalue weighted by Crippen LogP contribution is 2.13. The second-order valence-electron chi connectivity index (χ2n) is 19.2. The van der Waals surface area contributed by atoms with E-state index in [1.807, 2.05) is 0 Å². The van der Waals surface area contributed by atoms with Gasteiger partial charge in [0.15, 0.2) is 6.10 Å². The Balaban J connectivity index is 4.30. The maximum atomic E-state index is 12.8. The molecule has 0 rings (SSSR count). The van der Waals surface area contributed by atoms with Crippen LogP contribution >= 0.6 is 0 Å². The van der Waals surface area contributed by atoms with Crippen LogP contribution in [0.25, 0.3) is 0 Å². The minimum atomic E-state index is -0.801. The normalized spacial score (nSPS) is 13.1. The largest absolute Gasteiger partial charge is 0.462 e. The number of carbonyl (C=O) groups excluding carboxylic acids is 3. The van der Waals surface area contributed by atoms with Gasteiger partial charge in [0.05, 0.1) is 0 Å². The lowest BCUT2D eigenvalue weighted by Gasteiger charge is -2.18. The molecular formula is C67H108O6. The summed E-state index contributed by atoms with van der Waals surface area (Å²) < 4.78 is 16.8. The first-order valence-corrected chi connectivity index (χ1v) is 29.7. The fourth-order valence-electron chi connectivity index (χ4n) is 7.70. The molecule has 412 valence electrons. The molecule has 0 aromatic heterocycles. The Morgan fingerprint density at radius 3 is 0.863 bits per heavy atom. The summed E-state index contributed by atoms with van der Waals surface area (Å²) in [6.07, 6.45) is 84.6. The van der Waals surface area contributed by atoms with Crippen LogP contribution in [0.1, 0.15) is 252 Å². The highest BCUT2D eigenvalue weighted by molar-refractivity contribution is 5.71. The Morgan fingerprint density at radius 2 is 0.534 bits per heavy atom. The number of hydrogen-bond donors (Lipinski definition) is 0. The zero-order valence-corrected chi connectivity index (χ0v) is 47.1. The second-order valence-corrected chi connectivity index (χ2v) is 19.2. The molecule has 0 spiro atoms. The molecule has 0 radical (unpaired) electrons. The van der Waals surface area contributed by atoms with E-state index in [9.17, 15) is 14.4 Å². The van der Waals surface area contributed by atoms with Gasteiger partial charge < -0.3 is 14.2 Å². The molecule has 0 heterocycles. The summed E-state index contributed by atoms with van der Waals surface area (Å²) in [6, 6.07) is 0. The number of carbonyl (C=O) groups is 3. The Kier molecular flexibility index (Phi) is 56.4. The predicted molar refractivity (Wildman–Crippen MR) is 316 cm³/mol. The highest BCUT2D eigenvalue weighted by Gasteiger charge is 2.19. The zero-order chi connectivity index (χ0) is 52.9. The quantitative estimate of drug-likeness (QED) is 0.0261. The van der Waals surface area contributed by atoms with Crippen molar-refractivity contribution >= 4 is 17.9 Å². The molecule has 0 aromatic carbocycles. The monoisotopic (exact) mass is 1010 g/mol. The van der Waals surface area contributed by atoms with Crippen LogP contribution < -0.4 is 0 Å². The standard InChI is InChI=1S/C67H108O6/c1-4-7-10-13-16-19-21-23-25-27-28-29-30-31-32-33-34-35-36-37-38-39-40-41-43-44-46-48-51-54-57-60-66(69)72-63-64(62-71-65(68)59-56-53-50-18-15-12-9-6-3)73-67(70)61-58-55-52-49-47-45-42-26-24-22-20-17-14-11-8-5-2/h7,10,16,19-20,22-23,25-26,28-29,31-32,34-35,37-38,40-42,44,46,64H,4-6,8-9,11-15,17-18,21,24,27,30,33,36,39,43,45,47-63H2,1-3H3/b10-7-,19-16-,22-20-,25-23-,29-28-,32-31-,35-34-,38-37-,41-40-,42-26-,46-44-. The van der Waals surface area contributed by atoms with Gasteiger partial charge in [0, 0.05) is 19.3 Å². The predicted octanol–water partition coefficient (Wildman–Crippen LogP) is 20.2. The third kappa shape index (κ3) is 58.3. The van der Waals surface area contributed by atoms with E-state index in [0.29, 0.717) is 19.3 Å². The number of allylic oxidation sites excluding steroid dienone is 22. The van der Waals surface area contributed by atoms with Gasteiger partial charge in [0.2, 0.25) is 0 Å². The van der Waals surface area contributed by atoms with Crippen LogP contribution in [0, 0.1) is 0 Å². The van der Waals surface area contributed by atoms with Crippen molar-refractivity contribution in [2.24, 2.45) is 0 Å². The van der Waals surface area contributed by atoms with Gasteiger partial charge in [-0.25, -0.2) is 0 Å². The average molecular weight is 1010 g/mol. The van der Waals surface area contributed by atoms with E-state index in [1.54, 1.807) is 0 Å². The summed E-state index contributed by atoms with van der Waals surface area (Å²) >= 11 is 0. The fourth-order valence-corrected chi connectivity index (χ4v) is 7.70. The number of rotatable bonds is 52. The Labute approximate surface area is 449 Å². The summed E-state index contributed by atoms with van der Waals surface area (Å²) in [5.41, 5.74) is 0. The van der Waals surface area contributed by atoms with E-state index >= 15 is 0 Å². The van der Waals surface area contributed by atoms with Gasteiger partial charge in [0.1, 0.15) is 13.2 Å². The lowest BCUT2D eigenvalue weighted by Crippen LogP contribution is -2.30. The van der Waals surface area contributed by atoms with Crippen LogP contribution in [0.2, 0.25) is 0 Å². The summed E-state index contributed by atoms with van der Waals surface area (Å²) in [4.78, 5) is 38.0. The maximum Gasteiger partial charge on any atom is 0.306 e. The SMILES string of the molecule is CC/C=C\C/C=C\C/C=C\C/C=C\C/C=C\C/C=C\C/C=C\C/C=C\C/C=C\CCCCCC(=O)OCC(COC(=O)CCCCCCCCCC)OC(=O)CCCCCCC/C=C\C/C=C\CCCCCC. The van der Waals surface area contributed by atoms with Crippen LogP contribution in [0.3, 0.4) is 0 Å². The van der Waals surface area contributed by atoms with Crippen LogP contribution in [-0.2, 0) is 28.6 Å². The van der Waals surface area contributed by atoms with Gasteiger partial charge in [-0.2, -0.15) is 0 Å². The minimum Gasteiger partial charge on any atom is -0.462 e. The third-order valence-electron chi connectivity index (χ3n) is 12.1. The van der Waals surface area contributed by atoms with E-state index in [0.717, 1.165) is 148 Å². The molecule has 73 heavy (non-hydrogen) atoms. The molecule has 0 saturated heterocycles. The summed E-state index contributed by atoms with van der Waals surface area (Å²) in [5, 5.41) is 0. The van der Waals surface area contributed by atoms with E-state index in [-0.39, 0.29) is 31.1 Å². The molecule has 0 N–H and O–H groups in total. The molecule has 0 aliphatic rings. The molecule has 0 aliphatic heterocycles. The second kappa shape index (κ2) is 60.1. The first kappa shape index (κ1) is 68.6. The zero-order valence-electron chi connectivity index (χ0n) is 47.1. The maximum absolute atomic E-state index is 12.8. The number of unbranched alkanes of at least 4 members (excludes halogenated alkanes) is 19. The fraction of sp³-hybridized carbons (Fsp3) is 0.627. The van der Waals surface area contributed by atoms with Gasteiger partial charge in [-0.05, 0) is 122 Å². The average Bonchev–Trinajstić information content (AvgIpc) is 3.39. The van der Waals surface area contributed by atoms with Crippen molar-refractivity contribution in [2.45, 2.75) is 258 Å². The highest BCUT2D eigenvalue weighted by atomic mass is 16.6. The van der Waals surface area contributed by atoms with Crippen LogP contribution in [-0.4, -0.2) is 37.2 Å².